The number of rotatable bonds is 6. The predicted octanol–water partition coefficient (Wildman–Crippen LogP) is 1.54. The van der Waals surface area contributed by atoms with Gasteiger partial charge in [-0.15, -0.1) is 0 Å². The van der Waals surface area contributed by atoms with Crippen molar-refractivity contribution in [2.45, 2.75) is 38.6 Å². The molecule has 70 valence electrons. The Morgan fingerprint density at radius 3 is 2.58 bits per heavy atom. The molecule has 0 heterocycles. The summed E-state index contributed by atoms with van der Waals surface area (Å²) in [7, 11) is 0. The molecule has 0 atom stereocenters. The van der Waals surface area contributed by atoms with Gasteiger partial charge in [-0.05, 0) is 25.8 Å². The van der Waals surface area contributed by atoms with Gasteiger partial charge in [-0.3, -0.25) is 4.90 Å². The van der Waals surface area contributed by atoms with Gasteiger partial charge in [0.2, 0.25) is 0 Å². The maximum atomic E-state index is 5.46. The lowest BCUT2D eigenvalue weighted by Gasteiger charge is -2.20. The molecule has 1 aliphatic rings. The van der Waals surface area contributed by atoms with E-state index in [4.69, 9.17) is 18.0 Å². The third-order valence-electron chi connectivity index (χ3n) is 2.22. The van der Waals surface area contributed by atoms with Crippen molar-refractivity contribution in [1.82, 2.24) is 4.90 Å². The van der Waals surface area contributed by atoms with Crippen LogP contribution < -0.4 is 5.73 Å². The molecular weight excluding hydrogens is 168 g/mol. The molecule has 1 saturated carbocycles. The summed E-state index contributed by atoms with van der Waals surface area (Å²) in [5.41, 5.74) is 5.46. The molecule has 0 aromatic carbocycles. The molecule has 0 unspecified atom stereocenters. The van der Waals surface area contributed by atoms with E-state index in [1.165, 1.54) is 25.8 Å². The largest absolute Gasteiger partial charge is 0.393 e. The van der Waals surface area contributed by atoms with Gasteiger partial charge in [0.25, 0.3) is 0 Å². The van der Waals surface area contributed by atoms with Crippen molar-refractivity contribution >= 4 is 17.2 Å². The highest BCUT2D eigenvalue weighted by Gasteiger charge is 2.27. The zero-order chi connectivity index (χ0) is 8.97. The summed E-state index contributed by atoms with van der Waals surface area (Å²) < 4.78 is 0. The van der Waals surface area contributed by atoms with E-state index in [1.54, 1.807) is 0 Å². The minimum atomic E-state index is 0.650. The topological polar surface area (TPSA) is 29.3 Å². The first-order chi connectivity index (χ1) is 5.74. The van der Waals surface area contributed by atoms with Gasteiger partial charge in [-0.1, -0.05) is 19.1 Å². The van der Waals surface area contributed by atoms with Gasteiger partial charge >= 0.3 is 0 Å². The first kappa shape index (κ1) is 9.93. The summed E-state index contributed by atoms with van der Waals surface area (Å²) >= 11 is 4.86. The average Bonchev–Trinajstić information content (AvgIpc) is 2.79. The first-order valence-electron chi connectivity index (χ1n) is 4.76. The molecule has 0 saturated heterocycles. The van der Waals surface area contributed by atoms with Crippen LogP contribution in [0.1, 0.15) is 32.6 Å². The number of hydrogen-bond donors (Lipinski definition) is 1. The summed E-state index contributed by atoms with van der Waals surface area (Å²) in [6.45, 7) is 4.48. The van der Waals surface area contributed by atoms with Gasteiger partial charge in [-0.25, -0.2) is 0 Å². The highest BCUT2D eigenvalue weighted by atomic mass is 32.1. The average molecular weight is 186 g/mol. The molecule has 0 spiro atoms. The van der Waals surface area contributed by atoms with Crippen LogP contribution in [-0.2, 0) is 0 Å². The molecule has 0 amide bonds. The summed E-state index contributed by atoms with van der Waals surface area (Å²) in [4.78, 5) is 3.16. The van der Waals surface area contributed by atoms with Crippen molar-refractivity contribution in [3.63, 3.8) is 0 Å². The fourth-order valence-electron chi connectivity index (χ4n) is 1.46. The van der Waals surface area contributed by atoms with Crippen molar-refractivity contribution in [3.8, 4) is 0 Å². The monoisotopic (exact) mass is 186 g/mol. The molecule has 1 fully saturated rings. The second-order valence-corrected chi connectivity index (χ2v) is 4.01. The SMILES string of the molecule is CCCN(CCC(N)=S)C1CC1. The number of thiocarbonyl (C=S) groups is 1. The molecule has 2 nitrogen and oxygen atoms in total. The summed E-state index contributed by atoms with van der Waals surface area (Å²) in [5.74, 6) is 0. The smallest absolute Gasteiger partial charge is 0.0740 e. The van der Waals surface area contributed by atoms with Gasteiger partial charge in [0.1, 0.15) is 0 Å². The molecule has 12 heavy (non-hydrogen) atoms. The fourth-order valence-corrected chi connectivity index (χ4v) is 1.55. The highest BCUT2D eigenvalue weighted by Crippen LogP contribution is 2.26. The first-order valence-corrected chi connectivity index (χ1v) is 5.17. The number of hydrogen-bond acceptors (Lipinski definition) is 2. The Bertz CT molecular complexity index is 155. The molecule has 0 radical (unpaired) electrons. The van der Waals surface area contributed by atoms with Crippen LogP contribution in [0.3, 0.4) is 0 Å². The number of nitrogens with zero attached hydrogens (tertiary/aromatic N) is 1. The molecule has 2 N–H and O–H groups in total. The zero-order valence-electron chi connectivity index (χ0n) is 7.75. The summed E-state index contributed by atoms with van der Waals surface area (Å²) in [5, 5.41) is 0. The Hall–Kier alpha value is -0.150. The van der Waals surface area contributed by atoms with E-state index >= 15 is 0 Å². The van der Waals surface area contributed by atoms with Crippen LogP contribution in [0.5, 0.6) is 0 Å². The lowest BCUT2D eigenvalue weighted by atomic mass is 10.3. The van der Waals surface area contributed by atoms with Crippen molar-refractivity contribution in [1.29, 1.82) is 0 Å². The maximum Gasteiger partial charge on any atom is 0.0740 e. The Morgan fingerprint density at radius 1 is 1.50 bits per heavy atom. The molecule has 1 rings (SSSR count). The second kappa shape index (κ2) is 4.77. The molecule has 0 aliphatic heterocycles. The van der Waals surface area contributed by atoms with Gasteiger partial charge in [0.15, 0.2) is 0 Å². The maximum absolute atomic E-state index is 5.46. The lowest BCUT2D eigenvalue weighted by molar-refractivity contribution is 0.272. The zero-order valence-corrected chi connectivity index (χ0v) is 8.57. The lowest BCUT2D eigenvalue weighted by Crippen LogP contribution is -2.30. The normalized spacial score (nSPS) is 16.8. The third kappa shape index (κ3) is 3.50. The van der Waals surface area contributed by atoms with E-state index in [9.17, 15) is 0 Å². The van der Waals surface area contributed by atoms with Crippen LogP contribution in [-0.4, -0.2) is 29.0 Å². The van der Waals surface area contributed by atoms with E-state index in [1.807, 2.05) is 0 Å². The van der Waals surface area contributed by atoms with Crippen molar-refractivity contribution in [2.24, 2.45) is 5.73 Å². The highest BCUT2D eigenvalue weighted by molar-refractivity contribution is 7.80. The molecule has 0 aromatic rings. The van der Waals surface area contributed by atoms with Crippen LogP contribution in [0.25, 0.3) is 0 Å². The fraction of sp³-hybridized carbons (Fsp3) is 0.889. The quantitative estimate of drug-likeness (QED) is 0.638. The van der Waals surface area contributed by atoms with E-state index in [0.717, 1.165) is 19.0 Å². The molecule has 1 aliphatic carbocycles. The predicted molar refractivity (Wildman–Crippen MR) is 56.3 cm³/mol. The van der Waals surface area contributed by atoms with Crippen LogP contribution in [0, 0.1) is 0 Å². The van der Waals surface area contributed by atoms with Crippen molar-refractivity contribution < 1.29 is 0 Å². The molecule has 0 aromatic heterocycles. The summed E-state index contributed by atoms with van der Waals surface area (Å²) in [6, 6.07) is 0.847. The number of nitrogens with two attached hydrogens (primary N) is 1. The van der Waals surface area contributed by atoms with Gasteiger partial charge < -0.3 is 5.73 Å². The molecule has 3 heteroatoms. The van der Waals surface area contributed by atoms with Gasteiger partial charge in [0.05, 0.1) is 4.99 Å². The third-order valence-corrected chi connectivity index (χ3v) is 2.42. The van der Waals surface area contributed by atoms with Gasteiger partial charge in [-0.2, -0.15) is 0 Å². The molecule has 0 bridgehead atoms. The van der Waals surface area contributed by atoms with Crippen LogP contribution in [0.2, 0.25) is 0 Å². The van der Waals surface area contributed by atoms with E-state index < -0.39 is 0 Å². The van der Waals surface area contributed by atoms with E-state index in [0.29, 0.717) is 4.99 Å². The minimum absolute atomic E-state index is 0.650. The van der Waals surface area contributed by atoms with Crippen LogP contribution in [0.4, 0.5) is 0 Å². The van der Waals surface area contributed by atoms with E-state index in [-0.39, 0.29) is 0 Å². The summed E-state index contributed by atoms with van der Waals surface area (Å²) in [6.07, 6.45) is 4.86. The van der Waals surface area contributed by atoms with Crippen LogP contribution >= 0.6 is 12.2 Å². The van der Waals surface area contributed by atoms with Crippen molar-refractivity contribution in [2.75, 3.05) is 13.1 Å². The Kier molecular flexibility index (Phi) is 3.95. The van der Waals surface area contributed by atoms with Crippen LogP contribution in [0.15, 0.2) is 0 Å². The van der Waals surface area contributed by atoms with Crippen molar-refractivity contribution in [3.05, 3.63) is 0 Å². The minimum Gasteiger partial charge on any atom is -0.393 e. The molecular formula is C9H18N2S. The Morgan fingerprint density at radius 2 is 2.17 bits per heavy atom. The Labute approximate surface area is 80.1 Å². The standard InChI is InChI=1S/C9H18N2S/c1-2-6-11(8-3-4-8)7-5-9(10)12/h8H,2-7H2,1H3,(H2,10,12). The second-order valence-electron chi connectivity index (χ2n) is 3.48. The Balaban J connectivity index is 2.18. The van der Waals surface area contributed by atoms with E-state index in [2.05, 4.69) is 11.8 Å². The van der Waals surface area contributed by atoms with Gasteiger partial charge in [0, 0.05) is 19.0 Å².